The van der Waals surface area contributed by atoms with Crippen molar-refractivity contribution in [3.63, 3.8) is 0 Å². The fourth-order valence-electron chi connectivity index (χ4n) is 3.49. The normalized spacial score (nSPS) is 19.0. The van der Waals surface area contributed by atoms with Crippen LogP contribution in [0.15, 0.2) is 6.07 Å². The number of hydrogen-bond donors (Lipinski definition) is 1. The van der Waals surface area contributed by atoms with Crippen molar-refractivity contribution in [2.75, 3.05) is 43.0 Å². The average molecular weight is 347 g/mol. The lowest BCUT2D eigenvalue weighted by Gasteiger charge is -2.32. The second-order valence-electron chi connectivity index (χ2n) is 6.85. The molecule has 2 saturated heterocycles. The molecule has 7 heteroatoms. The third-order valence-electron chi connectivity index (χ3n) is 4.85. The molecule has 0 radical (unpaired) electrons. The fraction of sp³-hybridized carbons (Fsp3) is 0.722. The van der Waals surface area contributed by atoms with Crippen molar-refractivity contribution in [3.05, 3.63) is 11.8 Å². The second-order valence-corrected chi connectivity index (χ2v) is 6.85. The Morgan fingerprint density at radius 2 is 1.92 bits per heavy atom. The Bertz CT molecular complexity index is 581. The lowest BCUT2D eigenvalue weighted by Crippen LogP contribution is -2.42. The van der Waals surface area contributed by atoms with Crippen LogP contribution in [0.2, 0.25) is 0 Å². The Balaban J connectivity index is 1.58. The Labute approximate surface area is 149 Å². The quantitative estimate of drug-likeness (QED) is 0.903. The van der Waals surface area contributed by atoms with Gasteiger partial charge >= 0.3 is 6.09 Å². The van der Waals surface area contributed by atoms with Gasteiger partial charge in [0.1, 0.15) is 5.82 Å². The molecule has 1 amide bonds. The SMILES string of the molecule is CCOC(=O)N1CCC(Nc2cc(C)nc(N3CCCCC3)n2)CC1. The Hall–Kier alpha value is -2.05. The van der Waals surface area contributed by atoms with E-state index < -0.39 is 0 Å². The van der Waals surface area contributed by atoms with Gasteiger partial charge in [0.2, 0.25) is 5.95 Å². The zero-order valence-corrected chi connectivity index (χ0v) is 15.3. The molecule has 0 bridgehead atoms. The predicted octanol–water partition coefficient (Wildman–Crippen LogP) is 2.81. The summed E-state index contributed by atoms with van der Waals surface area (Å²) in [7, 11) is 0. The minimum atomic E-state index is -0.203. The standard InChI is InChI=1S/C18H29N5O2/c1-3-25-18(24)23-11-7-15(8-12-23)20-16-13-14(2)19-17(21-16)22-9-5-4-6-10-22/h13,15H,3-12H2,1-2H3,(H,19,20,21). The highest BCUT2D eigenvalue weighted by Crippen LogP contribution is 2.21. The van der Waals surface area contributed by atoms with Crippen molar-refractivity contribution in [2.45, 2.75) is 52.0 Å². The first-order valence-electron chi connectivity index (χ1n) is 9.44. The van der Waals surface area contributed by atoms with Crippen molar-refractivity contribution in [1.82, 2.24) is 14.9 Å². The monoisotopic (exact) mass is 347 g/mol. The van der Waals surface area contributed by atoms with E-state index in [1.807, 2.05) is 19.9 Å². The number of piperidine rings is 2. The van der Waals surface area contributed by atoms with Crippen molar-refractivity contribution in [2.24, 2.45) is 0 Å². The largest absolute Gasteiger partial charge is 0.450 e. The number of nitrogens with one attached hydrogen (secondary N) is 1. The molecule has 7 nitrogen and oxygen atoms in total. The minimum absolute atomic E-state index is 0.203. The van der Waals surface area contributed by atoms with E-state index in [0.29, 0.717) is 12.6 Å². The molecule has 2 aliphatic rings. The van der Waals surface area contributed by atoms with E-state index in [9.17, 15) is 4.79 Å². The van der Waals surface area contributed by atoms with Crippen molar-refractivity contribution in [3.8, 4) is 0 Å². The Morgan fingerprint density at radius 1 is 1.20 bits per heavy atom. The number of amides is 1. The highest BCUT2D eigenvalue weighted by molar-refractivity contribution is 5.67. The molecule has 1 N–H and O–H groups in total. The number of carbonyl (C=O) groups is 1. The van der Waals surface area contributed by atoms with Crippen LogP contribution in [-0.4, -0.2) is 59.8 Å². The molecule has 2 aliphatic heterocycles. The zero-order chi connectivity index (χ0) is 17.6. The number of aryl methyl sites for hydroxylation is 1. The van der Waals surface area contributed by atoms with E-state index in [1.54, 1.807) is 4.90 Å². The van der Waals surface area contributed by atoms with Gasteiger partial charge in [0.25, 0.3) is 0 Å². The third-order valence-corrected chi connectivity index (χ3v) is 4.85. The summed E-state index contributed by atoms with van der Waals surface area (Å²) in [5, 5.41) is 3.54. The molecule has 3 rings (SSSR count). The number of nitrogens with zero attached hydrogens (tertiary/aromatic N) is 4. The summed E-state index contributed by atoms with van der Waals surface area (Å²) in [6.45, 7) is 7.81. The number of aromatic nitrogens is 2. The van der Waals surface area contributed by atoms with E-state index in [4.69, 9.17) is 9.72 Å². The summed E-state index contributed by atoms with van der Waals surface area (Å²) in [5.41, 5.74) is 0.988. The number of rotatable bonds is 4. The average Bonchev–Trinajstić information content (AvgIpc) is 2.63. The molecule has 0 unspecified atom stereocenters. The molecule has 0 saturated carbocycles. The molecular formula is C18H29N5O2. The maximum atomic E-state index is 11.8. The summed E-state index contributed by atoms with van der Waals surface area (Å²) in [5.74, 6) is 1.73. The van der Waals surface area contributed by atoms with Crippen LogP contribution in [0.5, 0.6) is 0 Å². The van der Waals surface area contributed by atoms with E-state index >= 15 is 0 Å². The molecule has 138 valence electrons. The van der Waals surface area contributed by atoms with Crippen LogP contribution in [-0.2, 0) is 4.74 Å². The van der Waals surface area contributed by atoms with Gasteiger partial charge in [-0.25, -0.2) is 9.78 Å². The van der Waals surface area contributed by atoms with Crippen molar-refractivity contribution in [1.29, 1.82) is 0 Å². The predicted molar refractivity (Wildman–Crippen MR) is 98.1 cm³/mol. The topological polar surface area (TPSA) is 70.6 Å². The summed E-state index contributed by atoms with van der Waals surface area (Å²) in [6.07, 6.45) is 5.33. The molecule has 0 spiro atoms. The van der Waals surface area contributed by atoms with Crippen LogP contribution in [0, 0.1) is 6.92 Å². The van der Waals surface area contributed by atoms with Gasteiger partial charge in [-0.3, -0.25) is 0 Å². The van der Waals surface area contributed by atoms with Gasteiger partial charge in [0.15, 0.2) is 0 Å². The zero-order valence-electron chi connectivity index (χ0n) is 15.3. The van der Waals surface area contributed by atoms with Gasteiger partial charge in [-0.1, -0.05) is 0 Å². The van der Waals surface area contributed by atoms with E-state index in [1.165, 1.54) is 19.3 Å². The highest BCUT2D eigenvalue weighted by Gasteiger charge is 2.24. The van der Waals surface area contributed by atoms with Gasteiger partial charge in [0, 0.05) is 44.0 Å². The maximum absolute atomic E-state index is 11.8. The summed E-state index contributed by atoms with van der Waals surface area (Å²) in [6, 6.07) is 2.33. The van der Waals surface area contributed by atoms with Crippen LogP contribution in [0.1, 0.15) is 44.7 Å². The second kappa shape index (κ2) is 8.36. The number of hydrogen-bond acceptors (Lipinski definition) is 6. The maximum Gasteiger partial charge on any atom is 0.409 e. The smallest absolute Gasteiger partial charge is 0.409 e. The Kier molecular flexibility index (Phi) is 5.94. The molecule has 0 atom stereocenters. The van der Waals surface area contributed by atoms with Crippen molar-refractivity contribution >= 4 is 17.9 Å². The summed E-state index contributed by atoms with van der Waals surface area (Å²) in [4.78, 5) is 25.2. The van der Waals surface area contributed by atoms with Gasteiger partial charge < -0.3 is 19.9 Å². The van der Waals surface area contributed by atoms with Crippen LogP contribution in [0.3, 0.4) is 0 Å². The molecule has 1 aromatic heterocycles. The van der Waals surface area contributed by atoms with Crippen molar-refractivity contribution < 1.29 is 9.53 Å². The van der Waals surface area contributed by atoms with Gasteiger partial charge in [0.05, 0.1) is 6.61 Å². The molecular weight excluding hydrogens is 318 g/mol. The van der Waals surface area contributed by atoms with Crippen LogP contribution in [0.4, 0.5) is 16.6 Å². The lowest BCUT2D eigenvalue weighted by atomic mass is 10.1. The van der Waals surface area contributed by atoms with Gasteiger partial charge in [-0.05, 0) is 46.0 Å². The number of likely N-dealkylation sites (tertiary alicyclic amines) is 1. The first kappa shape index (κ1) is 17.8. The lowest BCUT2D eigenvalue weighted by molar-refractivity contribution is 0.0983. The highest BCUT2D eigenvalue weighted by atomic mass is 16.6. The van der Waals surface area contributed by atoms with E-state index in [-0.39, 0.29) is 6.09 Å². The number of anilines is 2. The van der Waals surface area contributed by atoms with Gasteiger partial charge in [-0.2, -0.15) is 4.98 Å². The summed E-state index contributed by atoms with van der Waals surface area (Å²) >= 11 is 0. The Morgan fingerprint density at radius 3 is 2.60 bits per heavy atom. The first-order chi connectivity index (χ1) is 12.2. The first-order valence-corrected chi connectivity index (χ1v) is 9.44. The summed E-state index contributed by atoms with van der Waals surface area (Å²) < 4.78 is 5.07. The molecule has 2 fully saturated rings. The number of ether oxygens (including phenoxy) is 1. The molecule has 1 aromatic rings. The minimum Gasteiger partial charge on any atom is -0.450 e. The fourth-order valence-corrected chi connectivity index (χ4v) is 3.49. The molecule has 3 heterocycles. The molecule has 0 aromatic carbocycles. The van der Waals surface area contributed by atoms with Gasteiger partial charge in [-0.15, -0.1) is 0 Å². The van der Waals surface area contributed by atoms with E-state index in [0.717, 1.165) is 56.5 Å². The molecule has 25 heavy (non-hydrogen) atoms. The van der Waals surface area contributed by atoms with Crippen LogP contribution < -0.4 is 10.2 Å². The van der Waals surface area contributed by atoms with Crippen LogP contribution >= 0.6 is 0 Å². The van der Waals surface area contributed by atoms with E-state index in [2.05, 4.69) is 15.2 Å². The van der Waals surface area contributed by atoms with Crippen LogP contribution in [0.25, 0.3) is 0 Å². The number of carbonyl (C=O) groups excluding carboxylic acids is 1. The molecule has 0 aliphatic carbocycles. The third kappa shape index (κ3) is 4.74.